The Kier molecular flexibility index (Phi) is 7.35. The van der Waals surface area contributed by atoms with Crippen LogP contribution < -0.4 is 10.6 Å². The summed E-state index contributed by atoms with van der Waals surface area (Å²) in [6.07, 6.45) is 6.77. The quantitative estimate of drug-likeness (QED) is 0.581. The summed E-state index contributed by atoms with van der Waals surface area (Å²) in [5.74, 6) is 2.31. The zero-order valence-electron chi connectivity index (χ0n) is 14.7. The van der Waals surface area contributed by atoms with Gasteiger partial charge < -0.3 is 10.6 Å². The number of guanidine groups is 1. The van der Waals surface area contributed by atoms with Crippen molar-refractivity contribution in [1.29, 1.82) is 0 Å². The summed E-state index contributed by atoms with van der Waals surface area (Å²) >= 11 is 2.10. The maximum atomic E-state index is 4.86. The predicted molar refractivity (Wildman–Crippen MR) is 99.0 cm³/mol. The lowest BCUT2D eigenvalue weighted by Gasteiger charge is -2.40. The normalized spacial score (nSPS) is 24.5. The summed E-state index contributed by atoms with van der Waals surface area (Å²) in [5.41, 5.74) is 0.158. The monoisotopic (exact) mass is 326 g/mol. The predicted octanol–water partition coefficient (Wildman–Crippen LogP) is 2.70. The maximum absolute atomic E-state index is 4.86. The second-order valence-corrected chi connectivity index (χ2v) is 8.48. The topological polar surface area (TPSA) is 39.7 Å². The van der Waals surface area contributed by atoms with Crippen LogP contribution in [0.1, 0.15) is 52.9 Å². The molecule has 2 N–H and O–H groups in total. The SMILES string of the molecule is CCNC(=NCC(C)(C)N1CCCCC1)NCC1CCCS1. The molecule has 4 nitrogen and oxygen atoms in total. The van der Waals surface area contributed by atoms with Crippen molar-refractivity contribution in [2.75, 3.05) is 38.5 Å². The van der Waals surface area contributed by atoms with Crippen LogP contribution in [0.2, 0.25) is 0 Å². The summed E-state index contributed by atoms with van der Waals surface area (Å²) in [7, 11) is 0. The number of hydrogen-bond acceptors (Lipinski definition) is 3. The minimum Gasteiger partial charge on any atom is -0.357 e. The molecule has 2 aliphatic heterocycles. The van der Waals surface area contributed by atoms with Gasteiger partial charge in [-0.15, -0.1) is 0 Å². The molecule has 22 heavy (non-hydrogen) atoms. The highest BCUT2D eigenvalue weighted by Gasteiger charge is 2.27. The fourth-order valence-corrected chi connectivity index (χ4v) is 4.43. The van der Waals surface area contributed by atoms with Crippen molar-refractivity contribution in [3.05, 3.63) is 0 Å². The molecule has 0 spiro atoms. The Labute approximate surface area is 140 Å². The summed E-state index contributed by atoms with van der Waals surface area (Å²) in [6.45, 7) is 12.1. The second kappa shape index (κ2) is 9.02. The van der Waals surface area contributed by atoms with E-state index in [1.54, 1.807) is 0 Å². The van der Waals surface area contributed by atoms with Crippen molar-refractivity contribution in [3.8, 4) is 0 Å². The molecule has 0 aromatic rings. The molecule has 2 rings (SSSR count). The van der Waals surface area contributed by atoms with E-state index in [4.69, 9.17) is 4.99 Å². The zero-order valence-corrected chi connectivity index (χ0v) is 15.5. The molecule has 0 aromatic carbocycles. The third-order valence-electron chi connectivity index (χ3n) is 4.70. The van der Waals surface area contributed by atoms with Gasteiger partial charge in [0.25, 0.3) is 0 Å². The van der Waals surface area contributed by atoms with Gasteiger partial charge in [-0.05, 0) is 65.3 Å². The van der Waals surface area contributed by atoms with Crippen LogP contribution in [-0.2, 0) is 0 Å². The molecule has 2 heterocycles. The van der Waals surface area contributed by atoms with Crippen molar-refractivity contribution >= 4 is 17.7 Å². The molecule has 128 valence electrons. The molecule has 0 aromatic heterocycles. The Hall–Kier alpha value is -0.420. The average molecular weight is 327 g/mol. The van der Waals surface area contributed by atoms with Crippen LogP contribution in [0.25, 0.3) is 0 Å². The Bertz CT molecular complexity index is 345. The Morgan fingerprint density at radius 2 is 1.95 bits per heavy atom. The smallest absolute Gasteiger partial charge is 0.191 e. The summed E-state index contributed by atoms with van der Waals surface area (Å²) in [4.78, 5) is 7.47. The minimum absolute atomic E-state index is 0.158. The van der Waals surface area contributed by atoms with Crippen molar-refractivity contribution in [2.24, 2.45) is 4.99 Å². The number of thioether (sulfide) groups is 1. The first-order chi connectivity index (χ1) is 10.6. The number of aliphatic imine (C=N–C) groups is 1. The third-order valence-corrected chi connectivity index (χ3v) is 6.10. The minimum atomic E-state index is 0.158. The van der Waals surface area contributed by atoms with Gasteiger partial charge in [0.1, 0.15) is 0 Å². The van der Waals surface area contributed by atoms with Gasteiger partial charge in [-0.25, -0.2) is 0 Å². The van der Waals surface area contributed by atoms with Crippen LogP contribution in [0.3, 0.4) is 0 Å². The number of piperidine rings is 1. The first-order valence-electron chi connectivity index (χ1n) is 9.00. The molecule has 0 amide bonds. The van der Waals surface area contributed by atoms with Gasteiger partial charge in [0.2, 0.25) is 0 Å². The van der Waals surface area contributed by atoms with E-state index in [2.05, 4.69) is 48.1 Å². The van der Waals surface area contributed by atoms with E-state index in [1.807, 2.05) is 0 Å². The summed E-state index contributed by atoms with van der Waals surface area (Å²) < 4.78 is 0. The number of nitrogens with one attached hydrogen (secondary N) is 2. The molecule has 2 fully saturated rings. The van der Waals surface area contributed by atoms with Crippen LogP contribution in [0.15, 0.2) is 4.99 Å². The standard InChI is InChI=1S/C17H34N4S/c1-4-18-16(19-13-15-9-8-12-22-15)20-14-17(2,3)21-10-6-5-7-11-21/h15H,4-14H2,1-3H3,(H2,18,19,20). The van der Waals surface area contributed by atoms with Gasteiger partial charge in [-0.1, -0.05) is 6.42 Å². The highest BCUT2D eigenvalue weighted by molar-refractivity contribution is 8.00. The zero-order chi connectivity index (χ0) is 15.8. The molecule has 0 saturated carbocycles. The molecule has 2 aliphatic rings. The van der Waals surface area contributed by atoms with E-state index >= 15 is 0 Å². The van der Waals surface area contributed by atoms with E-state index < -0.39 is 0 Å². The van der Waals surface area contributed by atoms with Gasteiger partial charge in [-0.2, -0.15) is 11.8 Å². The van der Waals surface area contributed by atoms with E-state index in [9.17, 15) is 0 Å². The van der Waals surface area contributed by atoms with Crippen LogP contribution >= 0.6 is 11.8 Å². The van der Waals surface area contributed by atoms with E-state index in [1.165, 1.54) is 50.9 Å². The number of nitrogens with zero attached hydrogens (tertiary/aromatic N) is 2. The molecule has 1 atom stereocenters. The van der Waals surface area contributed by atoms with Crippen LogP contribution in [0.4, 0.5) is 0 Å². The van der Waals surface area contributed by atoms with Crippen molar-refractivity contribution in [3.63, 3.8) is 0 Å². The molecule has 5 heteroatoms. The molecule has 2 saturated heterocycles. The first-order valence-corrected chi connectivity index (χ1v) is 10.1. The molecular formula is C17H34N4S. The van der Waals surface area contributed by atoms with Crippen LogP contribution in [-0.4, -0.2) is 60.1 Å². The van der Waals surface area contributed by atoms with E-state index in [0.717, 1.165) is 30.8 Å². The third kappa shape index (κ3) is 5.65. The van der Waals surface area contributed by atoms with Gasteiger partial charge in [0.15, 0.2) is 5.96 Å². The van der Waals surface area contributed by atoms with Gasteiger partial charge >= 0.3 is 0 Å². The summed E-state index contributed by atoms with van der Waals surface area (Å²) in [5, 5.41) is 7.69. The molecular weight excluding hydrogens is 292 g/mol. The molecule has 0 radical (unpaired) electrons. The molecule has 0 bridgehead atoms. The Morgan fingerprint density at radius 1 is 1.18 bits per heavy atom. The number of likely N-dealkylation sites (tertiary alicyclic amines) is 1. The lowest BCUT2D eigenvalue weighted by molar-refractivity contribution is 0.102. The summed E-state index contributed by atoms with van der Waals surface area (Å²) in [6, 6.07) is 0. The first kappa shape index (κ1) is 17.9. The second-order valence-electron chi connectivity index (χ2n) is 7.07. The van der Waals surface area contributed by atoms with Crippen molar-refractivity contribution in [2.45, 2.75) is 63.7 Å². The highest BCUT2D eigenvalue weighted by Crippen LogP contribution is 2.25. The van der Waals surface area contributed by atoms with Crippen molar-refractivity contribution < 1.29 is 0 Å². The fraction of sp³-hybridized carbons (Fsp3) is 0.941. The molecule has 1 unspecified atom stereocenters. The van der Waals surface area contributed by atoms with Crippen LogP contribution in [0.5, 0.6) is 0 Å². The Balaban J connectivity index is 1.84. The Morgan fingerprint density at radius 3 is 2.59 bits per heavy atom. The number of hydrogen-bond donors (Lipinski definition) is 2. The van der Waals surface area contributed by atoms with Gasteiger partial charge in [0.05, 0.1) is 6.54 Å². The highest BCUT2D eigenvalue weighted by atomic mass is 32.2. The van der Waals surface area contributed by atoms with Gasteiger partial charge in [0, 0.05) is 23.9 Å². The fourth-order valence-electron chi connectivity index (χ4n) is 3.23. The maximum Gasteiger partial charge on any atom is 0.191 e. The lowest BCUT2D eigenvalue weighted by atomic mass is 9.99. The van der Waals surface area contributed by atoms with E-state index in [0.29, 0.717) is 0 Å². The largest absolute Gasteiger partial charge is 0.357 e. The van der Waals surface area contributed by atoms with Gasteiger partial charge in [-0.3, -0.25) is 9.89 Å². The average Bonchev–Trinajstić information content (AvgIpc) is 3.04. The molecule has 0 aliphatic carbocycles. The number of rotatable bonds is 6. The van der Waals surface area contributed by atoms with Crippen LogP contribution in [0, 0.1) is 0 Å². The van der Waals surface area contributed by atoms with Crippen molar-refractivity contribution in [1.82, 2.24) is 15.5 Å². The lowest BCUT2D eigenvalue weighted by Crippen LogP contribution is -2.50. The van der Waals surface area contributed by atoms with E-state index in [-0.39, 0.29) is 5.54 Å².